The molecule has 0 radical (unpaired) electrons. The lowest BCUT2D eigenvalue weighted by molar-refractivity contribution is -0.160. The third-order valence-electron chi connectivity index (χ3n) is 7.05. The van der Waals surface area contributed by atoms with Crippen LogP contribution in [0, 0.1) is 35.0 Å². The number of carbonyl (C=O) groups excluding carboxylic acids is 1. The lowest BCUT2D eigenvalue weighted by Crippen LogP contribution is -2.53. The molecule has 2 heterocycles. The smallest absolute Gasteiger partial charge is 0.338 e. The molecular formula is C26H28N2O3. The molecule has 2 aromatic rings. The number of benzene rings is 1. The highest BCUT2D eigenvalue weighted by Gasteiger charge is 2.62. The van der Waals surface area contributed by atoms with Crippen molar-refractivity contribution in [1.82, 2.24) is 4.98 Å². The van der Waals surface area contributed by atoms with Crippen LogP contribution in [-0.4, -0.2) is 27.8 Å². The number of allylic oxidation sites excluding steroid dienone is 1. The standard InChI is InChI=1S/C26H28N2O3/c1-4-22-16(2)13-26(30)24(17(3)31-25(26)29)23(22)11-10-21-9-8-20(15-28-21)19-7-5-6-18(12-19)14-27/h5-12,15-17,22-24,30H,4,13H2,1-3H3/b11-10+. The molecule has 6 atom stereocenters. The number of aromatic nitrogens is 1. The highest BCUT2D eigenvalue weighted by molar-refractivity contribution is 5.82. The summed E-state index contributed by atoms with van der Waals surface area (Å²) in [5, 5.41) is 20.3. The molecule has 6 unspecified atom stereocenters. The average molecular weight is 417 g/mol. The molecule has 1 aliphatic heterocycles. The maximum Gasteiger partial charge on any atom is 0.338 e. The van der Waals surface area contributed by atoms with Gasteiger partial charge >= 0.3 is 5.97 Å². The van der Waals surface area contributed by atoms with Gasteiger partial charge in [0.15, 0.2) is 5.60 Å². The van der Waals surface area contributed by atoms with Gasteiger partial charge in [-0.1, -0.05) is 44.5 Å². The maximum atomic E-state index is 12.4. The third-order valence-corrected chi connectivity index (χ3v) is 7.05. The fourth-order valence-corrected chi connectivity index (χ4v) is 5.60. The summed E-state index contributed by atoms with van der Waals surface area (Å²) in [5.41, 5.74) is 1.94. The molecule has 0 bridgehead atoms. The molecular weight excluding hydrogens is 388 g/mol. The maximum absolute atomic E-state index is 12.4. The molecule has 1 saturated carbocycles. The van der Waals surface area contributed by atoms with Crippen molar-refractivity contribution in [1.29, 1.82) is 5.26 Å². The SMILES string of the molecule is CCC1C(C)CC2(O)C(=O)OC(C)C2C1/C=C/c1ccc(-c2cccc(C#N)c2)cn1. The fourth-order valence-electron chi connectivity index (χ4n) is 5.60. The van der Waals surface area contributed by atoms with Crippen LogP contribution < -0.4 is 0 Å². The van der Waals surface area contributed by atoms with Crippen molar-refractivity contribution in [2.45, 2.75) is 45.3 Å². The van der Waals surface area contributed by atoms with Crippen LogP contribution in [0.3, 0.4) is 0 Å². The van der Waals surface area contributed by atoms with Gasteiger partial charge in [0, 0.05) is 17.7 Å². The minimum Gasteiger partial charge on any atom is -0.460 e. The summed E-state index contributed by atoms with van der Waals surface area (Å²) in [4.78, 5) is 17.0. The van der Waals surface area contributed by atoms with Crippen LogP contribution in [0.4, 0.5) is 0 Å². The van der Waals surface area contributed by atoms with Crippen molar-refractivity contribution >= 4 is 12.0 Å². The predicted molar refractivity (Wildman–Crippen MR) is 118 cm³/mol. The number of aliphatic hydroxyl groups is 1. The first-order valence-electron chi connectivity index (χ1n) is 11.0. The highest BCUT2D eigenvalue weighted by Crippen LogP contribution is 2.52. The van der Waals surface area contributed by atoms with Crippen molar-refractivity contribution in [3.8, 4) is 17.2 Å². The van der Waals surface area contributed by atoms with Gasteiger partial charge in [-0.3, -0.25) is 4.98 Å². The van der Waals surface area contributed by atoms with Gasteiger partial charge < -0.3 is 9.84 Å². The molecule has 5 nitrogen and oxygen atoms in total. The zero-order valence-electron chi connectivity index (χ0n) is 18.2. The molecule has 2 aliphatic rings. The van der Waals surface area contributed by atoms with Gasteiger partial charge in [-0.25, -0.2) is 4.79 Å². The first-order valence-corrected chi connectivity index (χ1v) is 11.0. The monoisotopic (exact) mass is 416 g/mol. The Hall–Kier alpha value is -2.97. The Morgan fingerprint density at radius 1 is 1.29 bits per heavy atom. The zero-order valence-corrected chi connectivity index (χ0v) is 18.2. The summed E-state index contributed by atoms with van der Waals surface area (Å²) in [6.07, 6.45) is 7.02. The summed E-state index contributed by atoms with van der Waals surface area (Å²) in [6.45, 7) is 6.16. The minimum atomic E-state index is -1.40. The van der Waals surface area contributed by atoms with E-state index in [9.17, 15) is 9.90 Å². The molecule has 2 fully saturated rings. The van der Waals surface area contributed by atoms with E-state index >= 15 is 0 Å². The normalized spacial score (nSPS) is 32.5. The van der Waals surface area contributed by atoms with Gasteiger partial charge in [-0.05, 0) is 60.9 Å². The molecule has 1 saturated heterocycles. The molecule has 5 heteroatoms. The number of nitrogens with zero attached hydrogens (tertiary/aromatic N) is 2. The quantitative estimate of drug-likeness (QED) is 0.736. The van der Waals surface area contributed by atoms with Gasteiger partial charge in [-0.2, -0.15) is 5.26 Å². The highest BCUT2D eigenvalue weighted by atomic mass is 16.6. The first-order chi connectivity index (χ1) is 14.9. The molecule has 4 rings (SSSR count). The number of ether oxygens (including phenoxy) is 1. The van der Waals surface area contributed by atoms with E-state index in [1.807, 2.05) is 43.3 Å². The summed E-state index contributed by atoms with van der Waals surface area (Å²) in [7, 11) is 0. The lowest BCUT2D eigenvalue weighted by atomic mass is 9.59. The van der Waals surface area contributed by atoms with Crippen LogP contribution in [0.2, 0.25) is 0 Å². The Balaban J connectivity index is 1.60. The second-order valence-electron chi connectivity index (χ2n) is 8.91. The number of fused-ring (bicyclic) bond motifs is 1. The summed E-state index contributed by atoms with van der Waals surface area (Å²) >= 11 is 0. The molecule has 0 spiro atoms. The van der Waals surface area contributed by atoms with E-state index in [1.165, 1.54) is 0 Å². The molecule has 31 heavy (non-hydrogen) atoms. The van der Waals surface area contributed by atoms with E-state index in [0.717, 1.165) is 23.2 Å². The molecule has 1 aromatic heterocycles. The molecule has 1 aromatic carbocycles. The summed E-state index contributed by atoms with van der Waals surface area (Å²) in [5.74, 6) is -0.0979. The average Bonchev–Trinajstić information content (AvgIpc) is 2.99. The molecule has 1 N–H and O–H groups in total. The Labute approximate surface area is 183 Å². The Kier molecular flexibility index (Phi) is 5.68. The van der Waals surface area contributed by atoms with Gasteiger partial charge in [0.25, 0.3) is 0 Å². The number of rotatable bonds is 4. The molecule has 1 aliphatic carbocycles. The third kappa shape index (κ3) is 3.77. The lowest BCUT2D eigenvalue weighted by Gasteiger charge is -2.45. The number of hydrogen-bond donors (Lipinski definition) is 1. The minimum absolute atomic E-state index is 0.0361. The Morgan fingerprint density at radius 2 is 2.10 bits per heavy atom. The van der Waals surface area contributed by atoms with Gasteiger partial charge in [-0.15, -0.1) is 0 Å². The van der Waals surface area contributed by atoms with E-state index in [2.05, 4.69) is 31.0 Å². The van der Waals surface area contributed by atoms with E-state index < -0.39 is 11.6 Å². The number of esters is 1. The van der Waals surface area contributed by atoms with Gasteiger partial charge in [0.2, 0.25) is 0 Å². The van der Waals surface area contributed by atoms with Crippen LogP contribution in [0.1, 0.15) is 44.9 Å². The number of cyclic esters (lactones) is 1. The van der Waals surface area contributed by atoms with Gasteiger partial charge in [0.1, 0.15) is 6.10 Å². The largest absolute Gasteiger partial charge is 0.460 e. The van der Waals surface area contributed by atoms with E-state index in [-0.39, 0.29) is 23.9 Å². The van der Waals surface area contributed by atoms with Crippen molar-refractivity contribution in [2.75, 3.05) is 0 Å². The van der Waals surface area contributed by atoms with Crippen molar-refractivity contribution in [2.24, 2.45) is 23.7 Å². The van der Waals surface area contributed by atoms with E-state index in [1.54, 1.807) is 12.3 Å². The molecule has 0 amide bonds. The van der Waals surface area contributed by atoms with Crippen molar-refractivity contribution < 1.29 is 14.6 Å². The fraction of sp³-hybridized carbons (Fsp3) is 0.423. The topological polar surface area (TPSA) is 83.2 Å². The number of hydrogen-bond acceptors (Lipinski definition) is 5. The van der Waals surface area contributed by atoms with Crippen LogP contribution in [0.5, 0.6) is 0 Å². The van der Waals surface area contributed by atoms with E-state index in [0.29, 0.717) is 17.9 Å². The van der Waals surface area contributed by atoms with Crippen LogP contribution in [-0.2, 0) is 9.53 Å². The number of carbonyl (C=O) groups is 1. The Morgan fingerprint density at radius 3 is 2.77 bits per heavy atom. The Bertz CT molecular complexity index is 1040. The van der Waals surface area contributed by atoms with Crippen LogP contribution in [0.15, 0.2) is 48.7 Å². The zero-order chi connectivity index (χ0) is 22.2. The molecule has 160 valence electrons. The first kappa shape index (κ1) is 21.3. The van der Waals surface area contributed by atoms with Crippen LogP contribution in [0.25, 0.3) is 17.2 Å². The number of pyridine rings is 1. The van der Waals surface area contributed by atoms with Crippen molar-refractivity contribution in [3.63, 3.8) is 0 Å². The predicted octanol–water partition coefficient (Wildman–Crippen LogP) is 4.61. The van der Waals surface area contributed by atoms with Crippen LogP contribution >= 0.6 is 0 Å². The second kappa shape index (κ2) is 8.28. The summed E-state index contributed by atoms with van der Waals surface area (Å²) in [6, 6.07) is 13.6. The van der Waals surface area contributed by atoms with E-state index in [4.69, 9.17) is 10.00 Å². The number of nitriles is 1. The summed E-state index contributed by atoms with van der Waals surface area (Å²) < 4.78 is 5.46. The van der Waals surface area contributed by atoms with Crippen molar-refractivity contribution in [3.05, 3.63) is 59.9 Å². The second-order valence-corrected chi connectivity index (χ2v) is 8.91. The van der Waals surface area contributed by atoms with Gasteiger partial charge in [0.05, 0.1) is 17.3 Å².